The summed E-state index contributed by atoms with van der Waals surface area (Å²) in [6.07, 6.45) is 2.82. The number of benzene rings is 1. The standard InChI is InChI=1S/C16H17BrN4O2/c17-11-5-3-4-10(8-11)16(23)21-7-2-1-6-14(21)12-9-13(15(18)22)20-19-12/h3-5,8-9,14H,1-2,6-7H2,(H2,18,22)(H,19,20). The number of hydrogen-bond acceptors (Lipinski definition) is 3. The highest BCUT2D eigenvalue weighted by Crippen LogP contribution is 2.31. The van der Waals surface area contributed by atoms with Gasteiger partial charge in [-0.1, -0.05) is 22.0 Å². The number of rotatable bonds is 3. The summed E-state index contributed by atoms with van der Waals surface area (Å²) in [7, 11) is 0. The van der Waals surface area contributed by atoms with E-state index in [9.17, 15) is 9.59 Å². The number of halogens is 1. The van der Waals surface area contributed by atoms with Gasteiger partial charge in [0.05, 0.1) is 11.7 Å². The number of H-pyrrole nitrogens is 1. The molecule has 0 bridgehead atoms. The van der Waals surface area contributed by atoms with E-state index in [0.717, 1.165) is 29.4 Å². The molecule has 1 unspecified atom stereocenters. The van der Waals surface area contributed by atoms with Crippen LogP contribution in [0.2, 0.25) is 0 Å². The van der Waals surface area contributed by atoms with Gasteiger partial charge in [-0.15, -0.1) is 0 Å². The van der Waals surface area contributed by atoms with Gasteiger partial charge in [0.2, 0.25) is 0 Å². The zero-order valence-corrected chi connectivity index (χ0v) is 14.0. The van der Waals surface area contributed by atoms with Crippen molar-refractivity contribution in [3.05, 3.63) is 51.8 Å². The van der Waals surface area contributed by atoms with Crippen LogP contribution < -0.4 is 5.73 Å². The molecule has 2 aromatic rings. The van der Waals surface area contributed by atoms with Crippen molar-refractivity contribution in [3.63, 3.8) is 0 Å². The largest absolute Gasteiger partial charge is 0.364 e. The van der Waals surface area contributed by atoms with Crippen LogP contribution in [0.3, 0.4) is 0 Å². The number of aromatic amines is 1. The van der Waals surface area contributed by atoms with E-state index in [1.807, 2.05) is 23.1 Å². The first-order valence-corrected chi connectivity index (χ1v) is 8.27. The molecule has 0 spiro atoms. The van der Waals surface area contributed by atoms with E-state index in [1.165, 1.54) is 0 Å². The highest BCUT2D eigenvalue weighted by molar-refractivity contribution is 9.10. The Morgan fingerprint density at radius 3 is 2.83 bits per heavy atom. The molecule has 1 aromatic carbocycles. The van der Waals surface area contributed by atoms with Gasteiger partial charge in [-0.2, -0.15) is 5.10 Å². The average molecular weight is 377 g/mol. The molecular weight excluding hydrogens is 360 g/mol. The molecule has 7 heteroatoms. The number of likely N-dealkylation sites (tertiary alicyclic amines) is 1. The minimum atomic E-state index is -0.576. The molecule has 1 fully saturated rings. The van der Waals surface area contributed by atoms with Crippen LogP contribution in [-0.4, -0.2) is 33.5 Å². The second kappa shape index (κ2) is 6.54. The lowest BCUT2D eigenvalue weighted by Gasteiger charge is -2.35. The van der Waals surface area contributed by atoms with Crippen LogP contribution in [0.5, 0.6) is 0 Å². The third kappa shape index (κ3) is 3.29. The van der Waals surface area contributed by atoms with Crippen molar-refractivity contribution < 1.29 is 9.59 Å². The number of piperidine rings is 1. The van der Waals surface area contributed by atoms with Gasteiger partial charge in [0.15, 0.2) is 0 Å². The van der Waals surface area contributed by atoms with Crippen molar-refractivity contribution in [3.8, 4) is 0 Å². The zero-order valence-electron chi connectivity index (χ0n) is 12.5. The first-order valence-electron chi connectivity index (χ1n) is 7.48. The average Bonchev–Trinajstić information content (AvgIpc) is 3.04. The number of carbonyl (C=O) groups excluding carboxylic acids is 2. The number of aromatic nitrogens is 2. The molecular formula is C16H17BrN4O2. The summed E-state index contributed by atoms with van der Waals surface area (Å²) in [5.41, 5.74) is 6.84. The molecule has 3 rings (SSSR count). The predicted molar refractivity (Wildman–Crippen MR) is 88.9 cm³/mol. The second-order valence-corrected chi connectivity index (χ2v) is 6.51. The molecule has 0 saturated carbocycles. The summed E-state index contributed by atoms with van der Waals surface area (Å²) >= 11 is 3.40. The molecule has 1 aromatic heterocycles. The number of nitrogens with one attached hydrogen (secondary N) is 1. The van der Waals surface area contributed by atoms with Gasteiger partial charge < -0.3 is 10.6 Å². The molecule has 0 aliphatic carbocycles. The molecule has 1 saturated heterocycles. The number of primary amides is 1. The SMILES string of the molecule is NC(=O)c1cc(C2CCCCN2C(=O)c2cccc(Br)c2)[nH]n1. The second-order valence-electron chi connectivity index (χ2n) is 5.59. The molecule has 2 amide bonds. The maximum Gasteiger partial charge on any atom is 0.269 e. The quantitative estimate of drug-likeness (QED) is 0.861. The molecule has 1 aliphatic rings. The van der Waals surface area contributed by atoms with E-state index in [2.05, 4.69) is 26.1 Å². The predicted octanol–water partition coefficient (Wildman–Crippen LogP) is 2.64. The first-order chi connectivity index (χ1) is 11.1. The van der Waals surface area contributed by atoms with E-state index in [4.69, 9.17) is 5.73 Å². The maximum absolute atomic E-state index is 12.9. The number of amides is 2. The maximum atomic E-state index is 12.9. The van der Waals surface area contributed by atoms with Gasteiger partial charge in [-0.3, -0.25) is 14.7 Å². The Morgan fingerprint density at radius 2 is 2.13 bits per heavy atom. The van der Waals surface area contributed by atoms with Gasteiger partial charge in [0.25, 0.3) is 11.8 Å². The minimum Gasteiger partial charge on any atom is -0.364 e. The van der Waals surface area contributed by atoms with Gasteiger partial charge in [-0.25, -0.2) is 0 Å². The summed E-state index contributed by atoms with van der Waals surface area (Å²) in [5, 5.41) is 6.78. The molecule has 120 valence electrons. The first kappa shape index (κ1) is 15.7. The summed E-state index contributed by atoms with van der Waals surface area (Å²) in [6, 6.07) is 8.88. The van der Waals surface area contributed by atoms with Crippen LogP contribution in [0.1, 0.15) is 51.8 Å². The number of nitrogens with zero attached hydrogens (tertiary/aromatic N) is 2. The summed E-state index contributed by atoms with van der Waals surface area (Å²) in [6.45, 7) is 0.681. The fourth-order valence-corrected chi connectivity index (χ4v) is 3.32. The fourth-order valence-electron chi connectivity index (χ4n) is 2.92. The van der Waals surface area contributed by atoms with E-state index >= 15 is 0 Å². The van der Waals surface area contributed by atoms with E-state index < -0.39 is 5.91 Å². The Kier molecular flexibility index (Phi) is 4.47. The number of hydrogen-bond donors (Lipinski definition) is 2. The monoisotopic (exact) mass is 376 g/mol. The molecule has 3 N–H and O–H groups in total. The fraction of sp³-hybridized carbons (Fsp3) is 0.312. The van der Waals surface area contributed by atoms with Gasteiger partial charge in [0.1, 0.15) is 5.69 Å². The molecule has 6 nitrogen and oxygen atoms in total. The Labute approximate surface area is 142 Å². The highest BCUT2D eigenvalue weighted by Gasteiger charge is 2.30. The smallest absolute Gasteiger partial charge is 0.269 e. The van der Waals surface area contributed by atoms with Crippen LogP contribution >= 0.6 is 15.9 Å². The van der Waals surface area contributed by atoms with Crippen LogP contribution in [-0.2, 0) is 0 Å². The Morgan fingerprint density at radius 1 is 1.30 bits per heavy atom. The molecule has 2 heterocycles. The van der Waals surface area contributed by atoms with Gasteiger partial charge >= 0.3 is 0 Å². The summed E-state index contributed by atoms with van der Waals surface area (Å²) < 4.78 is 0.870. The molecule has 1 aliphatic heterocycles. The van der Waals surface area contributed by atoms with Crippen molar-refractivity contribution in [1.82, 2.24) is 15.1 Å². The van der Waals surface area contributed by atoms with E-state index in [-0.39, 0.29) is 17.6 Å². The Hall–Kier alpha value is -2.15. The third-order valence-corrected chi connectivity index (χ3v) is 4.54. The highest BCUT2D eigenvalue weighted by atomic mass is 79.9. The lowest BCUT2D eigenvalue weighted by Crippen LogP contribution is -2.38. The van der Waals surface area contributed by atoms with Crippen LogP contribution in [0, 0.1) is 0 Å². The normalized spacial score (nSPS) is 18.0. The van der Waals surface area contributed by atoms with Gasteiger partial charge in [0, 0.05) is 16.6 Å². The van der Waals surface area contributed by atoms with Crippen LogP contribution in [0.25, 0.3) is 0 Å². The molecule has 1 atom stereocenters. The summed E-state index contributed by atoms with van der Waals surface area (Å²) in [5.74, 6) is -0.598. The van der Waals surface area contributed by atoms with Gasteiger partial charge in [-0.05, 0) is 43.5 Å². The van der Waals surface area contributed by atoms with E-state index in [0.29, 0.717) is 12.1 Å². The number of carbonyl (C=O) groups is 2. The van der Waals surface area contributed by atoms with Crippen molar-refractivity contribution >= 4 is 27.7 Å². The minimum absolute atomic E-state index is 0.0220. The van der Waals surface area contributed by atoms with E-state index in [1.54, 1.807) is 12.1 Å². The topological polar surface area (TPSA) is 92.1 Å². The Bertz CT molecular complexity index is 743. The number of nitrogens with two attached hydrogens (primary N) is 1. The third-order valence-electron chi connectivity index (χ3n) is 4.04. The van der Waals surface area contributed by atoms with Crippen LogP contribution in [0.15, 0.2) is 34.8 Å². The lowest BCUT2D eigenvalue weighted by atomic mass is 9.98. The van der Waals surface area contributed by atoms with Crippen molar-refractivity contribution in [2.75, 3.05) is 6.54 Å². The molecule has 23 heavy (non-hydrogen) atoms. The summed E-state index contributed by atoms with van der Waals surface area (Å²) in [4.78, 5) is 25.9. The van der Waals surface area contributed by atoms with Crippen LogP contribution in [0.4, 0.5) is 0 Å². The lowest BCUT2D eigenvalue weighted by molar-refractivity contribution is 0.0606. The zero-order chi connectivity index (χ0) is 16.4. The Balaban J connectivity index is 1.88. The van der Waals surface area contributed by atoms with Crippen molar-refractivity contribution in [2.24, 2.45) is 5.73 Å². The van der Waals surface area contributed by atoms with Crippen molar-refractivity contribution in [2.45, 2.75) is 25.3 Å². The van der Waals surface area contributed by atoms with Crippen molar-refractivity contribution in [1.29, 1.82) is 0 Å². The molecule has 0 radical (unpaired) electrons.